The molecular weight excluding hydrogens is 378 g/mol. The smallest absolute Gasteiger partial charge is 0.257 e. The Balaban J connectivity index is 1.77. The molecule has 2 N–H and O–H groups in total. The number of carbonyl (C=O) groups is 1. The van der Waals surface area contributed by atoms with Gasteiger partial charge in [-0.25, -0.2) is 0 Å². The number of hydrogen-bond acceptors (Lipinski definition) is 3. The van der Waals surface area contributed by atoms with Crippen LogP contribution in [0.15, 0.2) is 65.4 Å². The van der Waals surface area contributed by atoms with Gasteiger partial charge in [-0.2, -0.15) is 0 Å². The third kappa shape index (κ3) is 4.25. The maximum atomic E-state index is 12.5. The molecule has 0 bridgehead atoms. The molecule has 0 saturated carbocycles. The van der Waals surface area contributed by atoms with Gasteiger partial charge in [-0.05, 0) is 61.4 Å². The van der Waals surface area contributed by atoms with Crippen molar-refractivity contribution in [2.75, 3.05) is 10.6 Å². The van der Waals surface area contributed by atoms with Crippen molar-refractivity contribution in [1.29, 1.82) is 0 Å². The Labute approximate surface area is 155 Å². The molecule has 0 atom stereocenters. The zero-order chi connectivity index (χ0) is 17.8. The molecule has 0 aliphatic heterocycles. The Morgan fingerprint density at radius 3 is 2.52 bits per heavy atom. The largest absolute Gasteiger partial charge is 0.354 e. The third-order valence-electron chi connectivity index (χ3n) is 3.99. The standard InChI is InChI=1S/C20H18BrN3O/c1-13-4-3-5-19(14(13)2)24-20(25)15-10-18(12-22-11-15)23-17-8-6-16(21)7-9-17/h3-12,23H,1-2H3,(H,24,25). The van der Waals surface area contributed by atoms with Gasteiger partial charge in [-0.15, -0.1) is 0 Å². The van der Waals surface area contributed by atoms with Crippen LogP contribution in [-0.4, -0.2) is 10.9 Å². The molecule has 2 aromatic carbocycles. The van der Waals surface area contributed by atoms with Crippen molar-refractivity contribution in [2.45, 2.75) is 13.8 Å². The molecular formula is C20H18BrN3O. The van der Waals surface area contributed by atoms with Crippen LogP contribution in [0, 0.1) is 13.8 Å². The van der Waals surface area contributed by atoms with Gasteiger partial charge >= 0.3 is 0 Å². The molecule has 0 radical (unpaired) electrons. The minimum Gasteiger partial charge on any atom is -0.354 e. The summed E-state index contributed by atoms with van der Waals surface area (Å²) >= 11 is 3.41. The normalized spacial score (nSPS) is 10.4. The summed E-state index contributed by atoms with van der Waals surface area (Å²) in [6, 6.07) is 15.4. The van der Waals surface area contributed by atoms with E-state index >= 15 is 0 Å². The van der Waals surface area contributed by atoms with E-state index in [0.717, 1.165) is 32.7 Å². The zero-order valence-electron chi connectivity index (χ0n) is 14.0. The maximum absolute atomic E-state index is 12.5. The number of anilines is 3. The van der Waals surface area contributed by atoms with Crippen molar-refractivity contribution in [2.24, 2.45) is 0 Å². The van der Waals surface area contributed by atoms with Crippen molar-refractivity contribution < 1.29 is 4.79 Å². The average Bonchev–Trinajstić information content (AvgIpc) is 2.61. The van der Waals surface area contributed by atoms with Gasteiger partial charge in [0, 0.05) is 22.0 Å². The van der Waals surface area contributed by atoms with Crippen LogP contribution in [0.3, 0.4) is 0 Å². The van der Waals surface area contributed by atoms with E-state index in [-0.39, 0.29) is 5.91 Å². The van der Waals surface area contributed by atoms with Crippen molar-refractivity contribution in [3.8, 4) is 0 Å². The summed E-state index contributed by atoms with van der Waals surface area (Å²) in [5.74, 6) is -0.180. The van der Waals surface area contributed by atoms with Gasteiger partial charge < -0.3 is 10.6 Å². The van der Waals surface area contributed by atoms with E-state index in [4.69, 9.17) is 0 Å². The number of amides is 1. The summed E-state index contributed by atoms with van der Waals surface area (Å²) in [6.45, 7) is 4.02. The number of hydrogen-bond donors (Lipinski definition) is 2. The first kappa shape index (κ1) is 17.2. The predicted octanol–water partition coefficient (Wildman–Crippen LogP) is 5.46. The zero-order valence-corrected chi connectivity index (χ0v) is 15.6. The second-order valence-electron chi connectivity index (χ2n) is 5.80. The van der Waals surface area contributed by atoms with Gasteiger partial charge in [0.05, 0.1) is 17.4 Å². The number of benzene rings is 2. The highest BCUT2D eigenvalue weighted by Gasteiger charge is 2.10. The Morgan fingerprint density at radius 1 is 1.00 bits per heavy atom. The molecule has 0 aliphatic rings. The minimum absolute atomic E-state index is 0.180. The molecule has 1 amide bonds. The van der Waals surface area contributed by atoms with Crippen LogP contribution in [0.2, 0.25) is 0 Å². The molecule has 3 aromatic rings. The number of nitrogens with zero attached hydrogens (tertiary/aromatic N) is 1. The summed E-state index contributed by atoms with van der Waals surface area (Å²) < 4.78 is 1.01. The molecule has 3 rings (SSSR count). The van der Waals surface area contributed by atoms with Crippen molar-refractivity contribution in [3.63, 3.8) is 0 Å². The van der Waals surface area contributed by atoms with E-state index in [9.17, 15) is 4.79 Å². The Morgan fingerprint density at radius 2 is 1.76 bits per heavy atom. The summed E-state index contributed by atoms with van der Waals surface area (Å²) in [6.07, 6.45) is 3.25. The van der Waals surface area contributed by atoms with Crippen molar-refractivity contribution in [1.82, 2.24) is 4.98 Å². The van der Waals surface area contributed by atoms with E-state index < -0.39 is 0 Å². The molecule has 25 heavy (non-hydrogen) atoms. The second-order valence-corrected chi connectivity index (χ2v) is 6.71. The highest BCUT2D eigenvalue weighted by Crippen LogP contribution is 2.21. The molecule has 1 aromatic heterocycles. The number of halogens is 1. The molecule has 1 heterocycles. The van der Waals surface area contributed by atoms with Gasteiger partial charge in [0.2, 0.25) is 0 Å². The topological polar surface area (TPSA) is 54.0 Å². The molecule has 0 saturated heterocycles. The van der Waals surface area contributed by atoms with Gasteiger partial charge in [0.1, 0.15) is 0 Å². The van der Waals surface area contributed by atoms with Crippen LogP contribution in [0.25, 0.3) is 0 Å². The molecule has 0 unspecified atom stereocenters. The summed E-state index contributed by atoms with van der Waals surface area (Å²) in [5, 5.41) is 6.20. The number of rotatable bonds is 4. The second kappa shape index (κ2) is 7.49. The van der Waals surface area contributed by atoms with Gasteiger partial charge in [-0.3, -0.25) is 9.78 Å². The van der Waals surface area contributed by atoms with Crippen LogP contribution in [0.5, 0.6) is 0 Å². The fourth-order valence-electron chi connectivity index (χ4n) is 2.41. The Hall–Kier alpha value is -2.66. The SMILES string of the molecule is Cc1cccc(NC(=O)c2cncc(Nc3ccc(Br)cc3)c2)c1C. The van der Waals surface area contributed by atoms with Crippen LogP contribution < -0.4 is 10.6 Å². The fourth-order valence-corrected chi connectivity index (χ4v) is 2.68. The highest BCUT2D eigenvalue weighted by atomic mass is 79.9. The summed E-state index contributed by atoms with van der Waals surface area (Å²) in [5.41, 5.74) is 5.21. The summed E-state index contributed by atoms with van der Waals surface area (Å²) in [4.78, 5) is 16.7. The molecule has 4 nitrogen and oxygen atoms in total. The number of aromatic nitrogens is 1. The highest BCUT2D eigenvalue weighted by molar-refractivity contribution is 9.10. The first-order valence-electron chi connectivity index (χ1n) is 7.88. The van der Waals surface area contributed by atoms with E-state index in [1.54, 1.807) is 18.5 Å². The fraction of sp³-hybridized carbons (Fsp3) is 0.100. The number of pyridine rings is 1. The molecule has 0 aliphatic carbocycles. The first-order chi connectivity index (χ1) is 12.0. The third-order valence-corrected chi connectivity index (χ3v) is 4.51. The lowest BCUT2D eigenvalue weighted by Crippen LogP contribution is -2.13. The van der Waals surface area contributed by atoms with E-state index in [1.165, 1.54) is 0 Å². The lowest BCUT2D eigenvalue weighted by atomic mass is 10.1. The maximum Gasteiger partial charge on any atom is 0.257 e. The Bertz CT molecular complexity index is 907. The molecule has 0 spiro atoms. The van der Waals surface area contributed by atoms with Crippen LogP contribution in [0.1, 0.15) is 21.5 Å². The van der Waals surface area contributed by atoms with Gasteiger partial charge in [0.15, 0.2) is 0 Å². The van der Waals surface area contributed by atoms with E-state index in [1.807, 2.05) is 56.3 Å². The van der Waals surface area contributed by atoms with E-state index in [0.29, 0.717) is 5.56 Å². The number of carbonyl (C=O) groups excluding carboxylic acids is 1. The molecule has 0 fully saturated rings. The summed E-state index contributed by atoms with van der Waals surface area (Å²) in [7, 11) is 0. The van der Waals surface area contributed by atoms with Gasteiger partial charge in [0.25, 0.3) is 5.91 Å². The van der Waals surface area contributed by atoms with E-state index in [2.05, 4.69) is 31.5 Å². The lowest BCUT2D eigenvalue weighted by molar-refractivity contribution is 0.102. The van der Waals surface area contributed by atoms with Gasteiger partial charge in [-0.1, -0.05) is 28.1 Å². The monoisotopic (exact) mass is 395 g/mol. The van der Waals surface area contributed by atoms with Crippen LogP contribution in [-0.2, 0) is 0 Å². The average molecular weight is 396 g/mol. The van der Waals surface area contributed by atoms with Crippen molar-refractivity contribution >= 4 is 38.9 Å². The molecule has 126 valence electrons. The van der Waals surface area contributed by atoms with Crippen LogP contribution >= 0.6 is 15.9 Å². The predicted molar refractivity (Wildman–Crippen MR) is 106 cm³/mol. The molecule has 5 heteroatoms. The number of aryl methyl sites for hydroxylation is 1. The first-order valence-corrected chi connectivity index (χ1v) is 8.67. The quantitative estimate of drug-likeness (QED) is 0.616. The number of nitrogens with one attached hydrogen (secondary N) is 2. The minimum atomic E-state index is -0.180. The Kier molecular flexibility index (Phi) is 5.14. The van der Waals surface area contributed by atoms with Crippen LogP contribution in [0.4, 0.5) is 17.1 Å². The van der Waals surface area contributed by atoms with Crippen molar-refractivity contribution in [3.05, 3.63) is 82.1 Å². The lowest BCUT2D eigenvalue weighted by Gasteiger charge is -2.11.